The minimum Gasteiger partial charge on any atom is -0.460 e. The third-order valence-corrected chi connectivity index (χ3v) is 3.59. The molecular weight excluding hydrogens is 262 g/mol. The highest BCUT2D eigenvalue weighted by Gasteiger charge is 2.23. The van der Waals surface area contributed by atoms with Crippen LogP contribution in [0.5, 0.6) is 0 Å². The Hall–Kier alpha value is -1.06. The molecule has 0 spiro atoms. The Labute approximate surface area is 120 Å². The molecule has 106 valence electrons. The van der Waals surface area contributed by atoms with Crippen LogP contribution in [-0.2, 0) is 16.1 Å². The predicted octanol–water partition coefficient (Wildman–Crippen LogP) is 3.06. The second-order valence-corrected chi connectivity index (χ2v) is 5.09. The van der Waals surface area contributed by atoms with E-state index in [0.717, 1.165) is 12.0 Å². The third kappa shape index (κ3) is 5.21. The fraction of sp³-hybridized carbons (Fsp3) is 0.533. The molecule has 1 aliphatic rings. The van der Waals surface area contributed by atoms with E-state index in [1.165, 1.54) is 25.7 Å². The maximum atomic E-state index is 11.8. The summed E-state index contributed by atoms with van der Waals surface area (Å²) in [5.41, 5.74) is 6.89. The van der Waals surface area contributed by atoms with E-state index < -0.39 is 6.04 Å². The zero-order valence-electron chi connectivity index (χ0n) is 11.1. The van der Waals surface area contributed by atoms with Crippen molar-refractivity contribution < 1.29 is 9.53 Å². The van der Waals surface area contributed by atoms with Crippen molar-refractivity contribution in [2.24, 2.45) is 11.7 Å². The summed E-state index contributed by atoms with van der Waals surface area (Å²) in [5, 5.41) is 0. The smallest absolute Gasteiger partial charge is 0.323 e. The summed E-state index contributed by atoms with van der Waals surface area (Å²) < 4.78 is 5.24. The zero-order valence-corrected chi connectivity index (χ0v) is 11.9. The van der Waals surface area contributed by atoms with Gasteiger partial charge in [-0.3, -0.25) is 4.79 Å². The molecule has 0 amide bonds. The molecular formula is C15H22ClNO2. The Morgan fingerprint density at radius 3 is 2.53 bits per heavy atom. The monoisotopic (exact) mass is 283 g/mol. The van der Waals surface area contributed by atoms with Crippen LogP contribution in [0.1, 0.15) is 37.7 Å². The second kappa shape index (κ2) is 8.18. The molecule has 0 aliphatic heterocycles. The average molecular weight is 284 g/mol. The quantitative estimate of drug-likeness (QED) is 0.845. The van der Waals surface area contributed by atoms with Gasteiger partial charge in [0.2, 0.25) is 0 Å². The van der Waals surface area contributed by atoms with Crippen LogP contribution in [0.2, 0.25) is 0 Å². The molecule has 1 aliphatic carbocycles. The molecule has 2 N–H and O–H groups in total. The first-order valence-corrected chi connectivity index (χ1v) is 6.72. The molecule has 4 heteroatoms. The molecule has 0 aromatic heterocycles. The summed E-state index contributed by atoms with van der Waals surface area (Å²) in [7, 11) is 0. The molecule has 0 radical (unpaired) electrons. The number of hydrogen-bond acceptors (Lipinski definition) is 3. The minimum atomic E-state index is -0.461. The summed E-state index contributed by atoms with van der Waals surface area (Å²) in [6.45, 7) is 0.317. The van der Waals surface area contributed by atoms with E-state index in [0.29, 0.717) is 12.5 Å². The van der Waals surface area contributed by atoms with Crippen molar-refractivity contribution in [3.05, 3.63) is 35.9 Å². The van der Waals surface area contributed by atoms with Crippen molar-refractivity contribution in [2.45, 2.75) is 44.8 Å². The SMILES string of the molecule is Cl.N[C@@H](CC1CCCC1)C(=O)OCc1ccccc1. The average Bonchev–Trinajstić information content (AvgIpc) is 2.90. The number of esters is 1. The molecule has 1 atom stereocenters. The minimum absolute atomic E-state index is 0. The van der Waals surface area contributed by atoms with E-state index >= 15 is 0 Å². The topological polar surface area (TPSA) is 52.3 Å². The molecule has 0 bridgehead atoms. The molecule has 0 unspecified atom stereocenters. The largest absolute Gasteiger partial charge is 0.460 e. The van der Waals surface area contributed by atoms with Crippen LogP contribution in [0.25, 0.3) is 0 Å². The summed E-state index contributed by atoms with van der Waals surface area (Å²) >= 11 is 0. The second-order valence-electron chi connectivity index (χ2n) is 5.09. The highest BCUT2D eigenvalue weighted by Crippen LogP contribution is 2.28. The van der Waals surface area contributed by atoms with E-state index in [-0.39, 0.29) is 18.4 Å². The predicted molar refractivity (Wildman–Crippen MR) is 78.0 cm³/mol. The van der Waals surface area contributed by atoms with Gasteiger partial charge in [-0.25, -0.2) is 0 Å². The summed E-state index contributed by atoms with van der Waals surface area (Å²) in [6, 6.07) is 9.23. The number of carbonyl (C=O) groups is 1. The standard InChI is InChI=1S/C15H21NO2.ClH/c16-14(10-12-6-4-5-7-12)15(17)18-11-13-8-2-1-3-9-13;/h1-3,8-9,12,14H,4-7,10-11,16H2;1H/t14-;/m0./s1. The Kier molecular flexibility index (Phi) is 6.89. The molecule has 3 nitrogen and oxygen atoms in total. The summed E-state index contributed by atoms with van der Waals surface area (Å²) in [4.78, 5) is 11.8. The normalized spacial score (nSPS) is 16.7. The first-order chi connectivity index (χ1) is 8.75. The Balaban J connectivity index is 0.00000180. The van der Waals surface area contributed by atoms with Crippen LogP contribution in [-0.4, -0.2) is 12.0 Å². The molecule has 19 heavy (non-hydrogen) atoms. The van der Waals surface area contributed by atoms with Gasteiger partial charge in [-0.1, -0.05) is 56.0 Å². The van der Waals surface area contributed by atoms with E-state index in [1.54, 1.807) is 0 Å². The van der Waals surface area contributed by atoms with E-state index in [9.17, 15) is 4.79 Å². The maximum Gasteiger partial charge on any atom is 0.323 e. The van der Waals surface area contributed by atoms with E-state index in [2.05, 4.69) is 0 Å². The molecule has 0 saturated heterocycles. The van der Waals surface area contributed by atoms with Crippen molar-refractivity contribution in [2.75, 3.05) is 0 Å². The van der Waals surface area contributed by atoms with Gasteiger partial charge in [0.1, 0.15) is 12.6 Å². The number of hydrogen-bond donors (Lipinski definition) is 1. The number of carbonyl (C=O) groups excluding carboxylic acids is 1. The number of benzene rings is 1. The van der Waals surface area contributed by atoms with Gasteiger partial charge >= 0.3 is 5.97 Å². The summed E-state index contributed by atoms with van der Waals surface area (Å²) in [6.07, 6.45) is 5.74. The fourth-order valence-corrected chi connectivity index (χ4v) is 2.54. The van der Waals surface area contributed by atoms with Gasteiger partial charge in [0, 0.05) is 0 Å². The van der Waals surface area contributed by atoms with Crippen molar-refractivity contribution in [3.63, 3.8) is 0 Å². The Bertz CT molecular complexity index is 377. The Morgan fingerprint density at radius 2 is 1.89 bits per heavy atom. The fourth-order valence-electron chi connectivity index (χ4n) is 2.54. The van der Waals surface area contributed by atoms with E-state index in [4.69, 9.17) is 10.5 Å². The third-order valence-electron chi connectivity index (χ3n) is 3.59. The summed E-state index contributed by atoms with van der Waals surface area (Å²) in [5.74, 6) is 0.343. The number of nitrogens with two attached hydrogens (primary N) is 1. The van der Waals surface area contributed by atoms with Gasteiger partial charge < -0.3 is 10.5 Å². The van der Waals surface area contributed by atoms with Crippen LogP contribution in [0.4, 0.5) is 0 Å². The van der Waals surface area contributed by atoms with Crippen LogP contribution in [0.15, 0.2) is 30.3 Å². The van der Waals surface area contributed by atoms with Crippen LogP contribution >= 0.6 is 12.4 Å². The van der Waals surface area contributed by atoms with Gasteiger partial charge in [-0.15, -0.1) is 12.4 Å². The van der Waals surface area contributed by atoms with Gasteiger partial charge in [-0.2, -0.15) is 0 Å². The lowest BCUT2D eigenvalue weighted by Crippen LogP contribution is -2.33. The van der Waals surface area contributed by atoms with E-state index in [1.807, 2.05) is 30.3 Å². The lowest BCUT2D eigenvalue weighted by atomic mass is 9.99. The van der Waals surface area contributed by atoms with Crippen molar-refractivity contribution in [1.82, 2.24) is 0 Å². The number of rotatable bonds is 5. The molecule has 1 aromatic carbocycles. The zero-order chi connectivity index (χ0) is 12.8. The molecule has 1 aromatic rings. The number of ether oxygens (including phenoxy) is 1. The first-order valence-electron chi connectivity index (χ1n) is 6.72. The highest BCUT2D eigenvalue weighted by atomic mass is 35.5. The van der Waals surface area contributed by atoms with Gasteiger partial charge in [0.05, 0.1) is 0 Å². The molecule has 2 rings (SSSR count). The van der Waals surface area contributed by atoms with Crippen molar-refractivity contribution in [1.29, 1.82) is 0 Å². The lowest BCUT2D eigenvalue weighted by molar-refractivity contribution is -0.147. The Morgan fingerprint density at radius 1 is 1.26 bits per heavy atom. The van der Waals surface area contributed by atoms with Crippen molar-refractivity contribution in [3.8, 4) is 0 Å². The highest BCUT2D eigenvalue weighted by molar-refractivity contribution is 5.85. The molecule has 1 fully saturated rings. The van der Waals surface area contributed by atoms with Gasteiger partial charge in [0.15, 0.2) is 0 Å². The number of halogens is 1. The molecule has 0 heterocycles. The van der Waals surface area contributed by atoms with Gasteiger partial charge in [-0.05, 0) is 17.9 Å². The van der Waals surface area contributed by atoms with Crippen LogP contribution in [0.3, 0.4) is 0 Å². The first kappa shape index (κ1) is 16.0. The van der Waals surface area contributed by atoms with Crippen LogP contribution < -0.4 is 5.73 Å². The lowest BCUT2D eigenvalue weighted by Gasteiger charge is -2.15. The van der Waals surface area contributed by atoms with Gasteiger partial charge in [0.25, 0.3) is 0 Å². The van der Waals surface area contributed by atoms with Crippen molar-refractivity contribution >= 4 is 18.4 Å². The van der Waals surface area contributed by atoms with Crippen LogP contribution in [0, 0.1) is 5.92 Å². The maximum absolute atomic E-state index is 11.8. The molecule has 1 saturated carbocycles.